The molecule has 1 saturated heterocycles. The molecule has 0 unspecified atom stereocenters. The predicted octanol–water partition coefficient (Wildman–Crippen LogP) is 1.94. The number of alkyl halides is 3. The van der Waals surface area contributed by atoms with Crippen LogP contribution in [0.15, 0.2) is 35.2 Å². The number of rotatable bonds is 4. The molecule has 0 N–H and O–H groups in total. The minimum Gasteiger partial charge on any atom is -0.363 e. The Hall–Kier alpha value is -2.91. The fourth-order valence-electron chi connectivity index (χ4n) is 2.92. The molecule has 12 heteroatoms. The molecule has 8 nitrogen and oxygen atoms in total. The van der Waals surface area contributed by atoms with Gasteiger partial charge in [-0.2, -0.15) is 27.7 Å². The summed E-state index contributed by atoms with van der Waals surface area (Å²) in [5.41, 5.74) is -0.707. The zero-order chi connectivity index (χ0) is 22.1. The van der Waals surface area contributed by atoms with Crippen molar-refractivity contribution >= 4 is 21.8 Å². The molecule has 1 aliphatic heterocycles. The average molecular weight is 440 g/mol. The molecule has 1 aromatic heterocycles. The molecule has 0 aliphatic carbocycles. The summed E-state index contributed by atoms with van der Waals surface area (Å²) in [6.07, 6.45) is -4.62. The van der Waals surface area contributed by atoms with Crippen molar-refractivity contribution in [3.05, 3.63) is 41.6 Å². The molecular weight excluding hydrogens is 421 g/mol. The number of hydrogen-bond donors (Lipinski definition) is 0. The Bertz CT molecular complexity index is 1060. The summed E-state index contributed by atoms with van der Waals surface area (Å²) in [5, 5.41) is 8.84. The van der Waals surface area contributed by atoms with Gasteiger partial charge in [0, 0.05) is 46.3 Å². The van der Waals surface area contributed by atoms with E-state index in [-0.39, 0.29) is 42.8 Å². The molecule has 0 amide bonds. The van der Waals surface area contributed by atoms with E-state index in [1.54, 1.807) is 14.1 Å². The number of piperazine rings is 1. The van der Waals surface area contributed by atoms with Crippen molar-refractivity contribution in [3.8, 4) is 6.07 Å². The number of sulfonamides is 1. The van der Waals surface area contributed by atoms with Crippen molar-refractivity contribution in [2.45, 2.75) is 11.1 Å². The van der Waals surface area contributed by atoms with Gasteiger partial charge in [-0.15, -0.1) is 0 Å². The van der Waals surface area contributed by atoms with Crippen molar-refractivity contribution in [1.82, 2.24) is 14.3 Å². The van der Waals surface area contributed by atoms with E-state index >= 15 is 0 Å². The van der Waals surface area contributed by atoms with Crippen LogP contribution in [0.2, 0.25) is 0 Å². The molecule has 0 bridgehead atoms. The predicted molar refractivity (Wildman–Crippen MR) is 103 cm³/mol. The Morgan fingerprint density at radius 2 is 1.67 bits per heavy atom. The summed E-state index contributed by atoms with van der Waals surface area (Å²) in [6, 6.07) is 8.35. The van der Waals surface area contributed by atoms with Crippen LogP contribution < -0.4 is 9.80 Å². The highest BCUT2D eigenvalue weighted by Crippen LogP contribution is 2.31. The molecule has 3 rings (SSSR count). The summed E-state index contributed by atoms with van der Waals surface area (Å²) in [4.78, 5) is 10.9. The molecule has 2 aromatic rings. The molecule has 160 valence electrons. The van der Waals surface area contributed by atoms with Crippen LogP contribution in [0.3, 0.4) is 0 Å². The van der Waals surface area contributed by atoms with Gasteiger partial charge in [-0.3, -0.25) is 0 Å². The third-order valence-electron chi connectivity index (χ3n) is 4.59. The Kier molecular flexibility index (Phi) is 5.87. The number of benzene rings is 1. The lowest BCUT2D eigenvalue weighted by molar-refractivity contribution is -0.141. The van der Waals surface area contributed by atoms with E-state index in [0.717, 1.165) is 6.07 Å². The molecule has 0 saturated carbocycles. The molecule has 30 heavy (non-hydrogen) atoms. The van der Waals surface area contributed by atoms with Gasteiger partial charge in [0.1, 0.15) is 5.82 Å². The van der Waals surface area contributed by atoms with Crippen LogP contribution >= 0.6 is 0 Å². The second-order valence-electron chi connectivity index (χ2n) is 6.83. The highest BCUT2D eigenvalue weighted by atomic mass is 32.2. The maximum absolute atomic E-state index is 13.2. The Labute approximate surface area is 172 Å². The van der Waals surface area contributed by atoms with Gasteiger partial charge in [0.05, 0.1) is 16.5 Å². The second kappa shape index (κ2) is 8.08. The molecule has 1 aromatic carbocycles. The zero-order valence-corrected chi connectivity index (χ0v) is 17.1. The lowest BCUT2D eigenvalue weighted by Gasteiger charge is -2.34. The van der Waals surface area contributed by atoms with Gasteiger partial charge in [0.25, 0.3) is 0 Å². The number of anilines is 2. The first-order valence-corrected chi connectivity index (χ1v) is 10.4. The van der Waals surface area contributed by atoms with Crippen LogP contribution in [0.1, 0.15) is 11.3 Å². The van der Waals surface area contributed by atoms with Gasteiger partial charge in [-0.25, -0.2) is 13.4 Å². The molecular formula is C18H19F3N6O2S. The summed E-state index contributed by atoms with van der Waals surface area (Å²) >= 11 is 0. The maximum atomic E-state index is 13.2. The van der Waals surface area contributed by atoms with Crippen molar-refractivity contribution in [3.63, 3.8) is 0 Å². The molecule has 0 atom stereocenters. The second-order valence-corrected chi connectivity index (χ2v) is 8.77. The fraction of sp³-hybridized carbons (Fsp3) is 0.389. The van der Waals surface area contributed by atoms with Crippen LogP contribution in [0.5, 0.6) is 0 Å². The van der Waals surface area contributed by atoms with Crippen LogP contribution in [0, 0.1) is 11.3 Å². The first kappa shape index (κ1) is 21.8. The molecule has 2 heterocycles. The number of hydrogen-bond acceptors (Lipinski definition) is 7. The first-order chi connectivity index (χ1) is 14.0. The van der Waals surface area contributed by atoms with E-state index in [2.05, 4.69) is 9.97 Å². The monoisotopic (exact) mass is 440 g/mol. The standard InChI is InChI=1S/C18H19F3N6O2S/c1-25(2)16-11-15(18(19,20)21)23-17(24-16)26-7-9-27(10-8-26)30(28,29)14-5-3-13(12-22)4-6-14/h3-6,11H,7-10H2,1-2H3. The van der Waals surface area contributed by atoms with Gasteiger partial charge in [0.2, 0.25) is 16.0 Å². The zero-order valence-electron chi connectivity index (χ0n) is 16.3. The minimum absolute atomic E-state index is 0.0557. The maximum Gasteiger partial charge on any atom is 0.433 e. The van der Waals surface area contributed by atoms with E-state index in [0.29, 0.717) is 5.56 Å². The van der Waals surface area contributed by atoms with E-state index in [9.17, 15) is 21.6 Å². The van der Waals surface area contributed by atoms with E-state index in [1.807, 2.05) is 6.07 Å². The Morgan fingerprint density at radius 3 is 2.17 bits per heavy atom. The lowest BCUT2D eigenvalue weighted by Crippen LogP contribution is -2.49. The lowest BCUT2D eigenvalue weighted by atomic mass is 10.2. The number of halogens is 3. The third-order valence-corrected chi connectivity index (χ3v) is 6.50. The van der Waals surface area contributed by atoms with Crippen LogP contribution in [0.25, 0.3) is 0 Å². The molecule has 0 radical (unpaired) electrons. The van der Waals surface area contributed by atoms with Gasteiger partial charge in [-0.1, -0.05) is 0 Å². The quantitative estimate of drug-likeness (QED) is 0.717. The van der Waals surface area contributed by atoms with E-state index in [1.165, 1.54) is 38.4 Å². The Morgan fingerprint density at radius 1 is 1.07 bits per heavy atom. The highest BCUT2D eigenvalue weighted by molar-refractivity contribution is 7.89. The smallest absolute Gasteiger partial charge is 0.363 e. The fourth-order valence-corrected chi connectivity index (χ4v) is 4.34. The largest absolute Gasteiger partial charge is 0.433 e. The SMILES string of the molecule is CN(C)c1cc(C(F)(F)F)nc(N2CCN(S(=O)(=O)c3ccc(C#N)cc3)CC2)n1. The number of aromatic nitrogens is 2. The van der Waals surface area contributed by atoms with Crippen LogP contribution in [0.4, 0.5) is 24.9 Å². The van der Waals surface area contributed by atoms with Gasteiger partial charge in [-0.05, 0) is 24.3 Å². The molecule has 1 fully saturated rings. The van der Waals surface area contributed by atoms with Crippen molar-refractivity contribution in [1.29, 1.82) is 5.26 Å². The van der Waals surface area contributed by atoms with Gasteiger partial charge >= 0.3 is 6.18 Å². The van der Waals surface area contributed by atoms with Crippen LogP contribution in [-0.4, -0.2) is 63.0 Å². The normalized spacial score (nSPS) is 15.7. The highest BCUT2D eigenvalue weighted by Gasteiger charge is 2.35. The average Bonchev–Trinajstić information content (AvgIpc) is 2.73. The van der Waals surface area contributed by atoms with Gasteiger partial charge in [0.15, 0.2) is 5.69 Å². The molecule has 1 aliphatic rings. The van der Waals surface area contributed by atoms with E-state index < -0.39 is 21.9 Å². The summed E-state index contributed by atoms with van der Waals surface area (Å²) in [5.74, 6) is 0.0175. The summed E-state index contributed by atoms with van der Waals surface area (Å²) in [6.45, 7) is 0.422. The third kappa shape index (κ3) is 4.47. The number of nitriles is 1. The van der Waals surface area contributed by atoms with Crippen molar-refractivity contribution in [2.75, 3.05) is 50.1 Å². The minimum atomic E-state index is -4.62. The summed E-state index contributed by atoms with van der Waals surface area (Å²) < 4.78 is 66.5. The van der Waals surface area contributed by atoms with Crippen molar-refractivity contribution < 1.29 is 21.6 Å². The summed E-state index contributed by atoms with van der Waals surface area (Å²) in [7, 11) is -0.622. The molecule has 0 spiro atoms. The van der Waals surface area contributed by atoms with Gasteiger partial charge < -0.3 is 9.80 Å². The Balaban J connectivity index is 1.79. The first-order valence-electron chi connectivity index (χ1n) is 8.91. The van der Waals surface area contributed by atoms with Crippen molar-refractivity contribution in [2.24, 2.45) is 0 Å². The van der Waals surface area contributed by atoms with E-state index in [4.69, 9.17) is 5.26 Å². The topological polar surface area (TPSA) is 93.4 Å². The van der Waals surface area contributed by atoms with Crippen LogP contribution in [-0.2, 0) is 16.2 Å². The number of nitrogens with zero attached hydrogens (tertiary/aromatic N) is 6.